The molecule has 0 aliphatic carbocycles. The van der Waals surface area contributed by atoms with Crippen LogP contribution in [0.15, 0.2) is 23.1 Å². The first-order valence-corrected chi connectivity index (χ1v) is 4.78. The van der Waals surface area contributed by atoms with Crippen molar-refractivity contribution in [3.05, 3.63) is 34.2 Å². The van der Waals surface area contributed by atoms with E-state index in [0.717, 1.165) is 18.7 Å². The van der Waals surface area contributed by atoms with Gasteiger partial charge in [0.25, 0.3) is 0 Å². The molecule has 0 saturated carbocycles. The Morgan fingerprint density at radius 3 is 3.00 bits per heavy atom. The van der Waals surface area contributed by atoms with E-state index in [2.05, 4.69) is 22.5 Å². The predicted octanol–water partition coefficient (Wildman–Crippen LogP) is 0.0724. The highest BCUT2D eigenvalue weighted by atomic mass is 16.1. The van der Waals surface area contributed by atoms with Crippen LogP contribution >= 0.6 is 0 Å². The zero-order valence-corrected chi connectivity index (χ0v) is 8.63. The minimum atomic E-state index is -0.0504. The summed E-state index contributed by atoms with van der Waals surface area (Å²) in [6, 6.07) is 3.92. The number of aromatic nitrogens is 1. The molecule has 1 heterocycles. The standard InChI is InChI=1S/C10H17N3O/c1-8(6-11-2)13-7-9-3-4-12-10(14)5-9/h3-5,8,11,13H,6-7H2,1-2H3,(H,12,14). The summed E-state index contributed by atoms with van der Waals surface area (Å²) in [7, 11) is 1.92. The molecule has 1 unspecified atom stereocenters. The molecular weight excluding hydrogens is 178 g/mol. The van der Waals surface area contributed by atoms with Crippen LogP contribution in [0.5, 0.6) is 0 Å². The molecule has 0 fully saturated rings. The second kappa shape index (κ2) is 5.57. The van der Waals surface area contributed by atoms with Crippen molar-refractivity contribution >= 4 is 0 Å². The van der Waals surface area contributed by atoms with E-state index in [1.807, 2.05) is 13.1 Å². The summed E-state index contributed by atoms with van der Waals surface area (Å²) in [6.45, 7) is 3.75. The van der Waals surface area contributed by atoms with Gasteiger partial charge in [-0.15, -0.1) is 0 Å². The lowest BCUT2D eigenvalue weighted by molar-refractivity contribution is 0.523. The monoisotopic (exact) mass is 195 g/mol. The number of rotatable bonds is 5. The fourth-order valence-corrected chi connectivity index (χ4v) is 1.27. The summed E-state index contributed by atoms with van der Waals surface area (Å²) < 4.78 is 0. The van der Waals surface area contributed by atoms with Crippen LogP contribution in [0.3, 0.4) is 0 Å². The molecule has 0 amide bonds. The molecule has 3 N–H and O–H groups in total. The van der Waals surface area contributed by atoms with Crippen LogP contribution < -0.4 is 16.2 Å². The van der Waals surface area contributed by atoms with Gasteiger partial charge in [0.15, 0.2) is 0 Å². The Morgan fingerprint density at radius 2 is 2.36 bits per heavy atom. The molecule has 14 heavy (non-hydrogen) atoms. The Kier molecular flexibility index (Phi) is 4.35. The Balaban J connectivity index is 2.41. The van der Waals surface area contributed by atoms with Crippen LogP contribution in [0.2, 0.25) is 0 Å². The van der Waals surface area contributed by atoms with Crippen molar-refractivity contribution in [3.8, 4) is 0 Å². The first kappa shape index (κ1) is 10.9. The van der Waals surface area contributed by atoms with Crippen LogP contribution in [-0.2, 0) is 6.54 Å². The molecule has 1 aromatic heterocycles. The summed E-state index contributed by atoms with van der Waals surface area (Å²) in [5, 5.41) is 6.40. The lowest BCUT2D eigenvalue weighted by atomic mass is 10.2. The number of hydrogen-bond donors (Lipinski definition) is 3. The zero-order valence-electron chi connectivity index (χ0n) is 8.63. The lowest BCUT2D eigenvalue weighted by Crippen LogP contribution is -2.34. The molecule has 1 atom stereocenters. The van der Waals surface area contributed by atoms with Gasteiger partial charge < -0.3 is 15.6 Å². The third-order valence-electron chi connectivity index (χ3n) is 2.00. The zero-order chi connectivity index (χ0) is 10.4. The van der Waals surface area contributed by atoms with Gasteiger partial charge in [0.2, 0.25) is 5.56 Å². The summed E-state index contributed by atoms with van der Waals surface area (Å²) in [6.07, 6.45) is 1.67. The van der Waals surface area contributed by atoms with Crippen LogP contribution in [0.1, 0.15) is 12.5 Å². The fourth-order valence-electron chi connectivity index (χ4n) is 1.27. The van der Waals surface area contributed by atoms with Crippen LogP contribution in [0, 0.1) is 0 Å². The van der Waals surface area contributed by atoms with E-state index in [0.29, 0.717) is 6.04 Å². The summed E-state index contributed by atoms with van der Waals surface area (Å²) in [5.74, 6) is 0. The van der Waals surface area contributed by atoms with E-state index in [1.165, 1.54) is 0 Å². The van der Waals surface area contributed by atoms with E-state index in [1.54, 1.807) is 12.3 Å². The smallest absolute Gasteiger partial charge is 0.248 e. The Bertz CT molecular complexity index is 321. The number of H-pyrrole nitrogens is 1. The number of nitrogens with one attached hydrogen (secondary N) is 3. The van der Waals surface area contributed by atoms with Gasteiger partial charge in [0.1, 0.15) is 0 Å². The van der Waals surface area contributed by atoms with Crippen molar-refractivity contribution in [2.75, 3.05) is 13.6 Å². The van der Waals surface area contributed by atoms with Crippen molar-refractivity contribution < 1.29 is 0 Å². The van der Waals surface area contributed by atoms with E-state index < -0.39 is 0 Å². The van der Waals surface area contributed by atoms with Gasteiger partial charge in [-0.1, -0.05) is 0 Å². The van der Waals surface area contributed by atoms with Crippen LogP contribution in [0.4, 0.5) is 0 Å². The van der Waals surface area contributed by atoms with Gasteiger partial charge in [0, 0.05) is 31.4 Å². The maximum Gasteiger partial charge on any atom is 0.248 e. The molecule has 0 aliphatic heterocycles. The second-order valence-corrected chi connectivity index (χ2v) is 3.40. The average molecular weight is 195 g/mol. The predicted molar refractivity (Wildman–Crippen MR) is 57.3 cm³/mol. The average Bonchev–Trinajstić information content (AvgIpc) is 2.15. The third kappa shape index (κ3) is 3.72. The first-order chi connectivity index (χ1) is 6.72. The van der Waals surface area contributed by atoms with Gasteiger partial charge in [-0.05, 0) is 25.6 Å². The van der Waals surface area contributed by atoms with Crippen molar-refractivity contribution in [2.45, 2.75) is 19.5 Å². The van der Waals surface area contributed by atoms with Gasteiger partial charge in [-0.3, -0.25) is 4.79 Å². The Morgan fingerprint density at radius 1 is 1.57 bits per heavy atom. The number of hydrogen-bond acceptors (Lipinski definition) is 3. The summed E-state index contributed by atoms with van der Waals surface area (Å²) in [5.41, 5.74) is 0.960. The quantitative estimate of drug-likeness (QED) is 0.623. The van der Waals surface area contributed by atoms with Crippen LogP contribution in [-0.4, -0.2) is 24.6 Å². The lowest BCUT2D eigenvalue weighted by Gasteiger charge is -2.12. The minimum Gasteiger partial charge on any atom is -0.329 e. The third-order valence-corrected chi connectivity index (χ3v) is 2.00. The van der Waals surface area contributed by atoms with E-state index >= 15 is 0 Å². The molecule has 1 aromatic rings. The normalized spacial score (nSPS) is 12.7. The maximum atomic E-state index is 11.0. The molecular formula is C10H17N3O. The number of likely N-dealkylation sites (N-methyl/N-ethyl adjacent to an activating group) is 1. The molecule has 4 nitrogen and oxygen atoms in total. The van der Waals surface area contributed by atoms with Crippen molar-refractivity contribution in [1.29, 1.82) is 0 Å². The van der Waals surface area contributed by atoms with Crippen molar-refractivity contribution in [2.24, 2.45) is 0 Å². The Hall–Kier alpha value is -1.13. The molecule has 0 saturated heterocycles. The summed E-state index contributed by atoms with van der Waals surface area (Å²) in [4.78, 5) is 13.6. The number of pyridine rings is 1. The maximum absolute atomic E-state index is 11.0. The number of aromatic amines is 1. The van der Waals surface area contributed by atoms with Gasteiger partial charge in [0.05, 0.1) is 0 Å². The molecule has 78 valence electrons. The Labute approximate surface area is 83.7 Å². The minimum absolute atomic E-state index is 0.0504. The molecule has 0 aromatic carbocycles. The molecule has 0 bridgehead atoms. The highest BCUT2D eigenvalue weighted by molar-refractivity contribution is 5.09. The largest absolute Gasteiger partial charge is 0.329 e. The molecule has 0 aliphatic rings. The molecule has 0 spiro atoms. The van der Waals surface area contributed by atoms with Gasteiger partial charge >= 0.3 is 0 Å². The SMILES string of the molecule is CNCC(C)NCc1cc[nH]c(=O)c1. The van der Waals surface area contributed by atoms with Gasteiger partial charge in [-0.25, -0.2) is 0 Å². The van der Waals surface area contributed by atoms with Crippen molar-refractivity contribution in [1.82, 2.24) is 15.6 Å². The highest BCUT2D eigenvalue weighted by Gasteiger charge is 1.99. The molecule has 4 heteroatoms. The second-order valence-electron chi connectivity index (χ2n) is 3.40. The first-order valence-electron chi connectivity index (χ1n) is 4.78. The summed E-state index contributed by atoms with van der Waals surface area (Å²) >= 11 is 0. The van der Waals surface area contributed by atoms with Crippen LogP contribution in [0.25, 0.3) is 0 Å². The fraction of sp³-hybridized carbons (Fsp3) is 0.500. The van der Waals surface area contributed by atoms with E-state index in [4.69, 9.17) is 0 Å². The molecule has 1 rings (SSSR count). The van der Waals surface area contributed by atoms with E-state index in [9.17, 15) is 4.79 Å². The van der Waals surface area contributed by atoms with Gasteiger partial charge in [-0.2, -0.15) is 0 Å². The van der Waals surface area contributed by atoms with E-state index in [-0.39, 0.29) is 5.56 Å². The highest BCUT2D eigenvalue weighted by Crippen LogP contribution is 1.92. The van der Waals surface area contributed by atoms with Crippen molar-refractivity contribution in [3.63, 3.8) is 0 Å². The topological polar surface area (TPSA) is 56.9 Å². The molecule has 0 radical (unpaired) electrons.